The van der Waals surface area contributed by atoms with E-state index >= 15 is 4.39 Å². The van der Waals surface area contributed by atoms with Gasteiger partial charge in [-0.05, 0) is 56.6 Å². The van der Waals surface area contributed by atoms with Crippen molar-refractivity contribution < 1.29 is 43.1 Å². The Labute approximate surface area is 185 Å². The summed E-state index contributed by atoms with van der Waals surface area (Å²) in [5.74, 6) is -2.96. The van der Waals surface area contributed by atoms with Crippen molar-refractivity contribution in [2.45, 2.75) is 63.8 Å². The lowest BCUT2D eigenvalue weighted by Gasteiger charge is -2.62. The Morgan fingerprint density at radius 1 is 1.38 bits per heavy atom. The van der Waals surface area contributed by atoms with Gasteiger partial charge in [0.05, 0.1) is 6.10 Å². The highest BCUT2D eigenvalue weighted by Crippen LogP contribution is 2.70. The topological polar surface area (TPSA) is 144 Å². The van der Waals surface area contributed by atoms with Crippen LogP contribution in [0.2, 0.25) is 0 Å². The van der Waals surface area contributed by atoms with E-state index in [1.54, 1.807) is 20.8 Å². The van der Waals surface area contributed by atoms with Gasteiger partial charge in [-0.1, -0.05) is 25.5 Å². The van der Waals surface area contributed by atoms with Gasteiger partial charge in [-0.25, -0.2) is 4.39 Å². The lowest BCUT2D eigenvalue weighted by Crippen LogP contribution is -2.69. The number of fused-ring (bicyclic) bond motifs is 5. The highest BCUT2D eigenvalue weighted by molar-refractivity contribution is 7.44. The Balaban J connectivity index is 1.74. The fourth-order valence-corrected chi connectivity index (χ4v) is 7.67. The van der Waals surface area contributed by atoms with Gasteiger partial charge in [-0.2, -0.15) is 0 Å². The SMILES string of the molecule is CC1CC2C3CCC4=CC(=O)C=CC4(C)C3(F)C(O)CC2(C)C1(O)C(=O)COP(=O)([O-])O. The minimum Gasteiger partial charge on any atom is -0.756 e. The van der Waals surface area contributed by atoms with Gasteiger partial charge >= 0.3 is 0 Å². The standard InChI is InChI=1S/C22H30FO8P/c1-12-8-16-15-5-4-13-9-14(24)6-7-19(13,2)21(15,23)17(25)10-20(16,3)22(12,27)18(26)11-31-32(28,29)30/h6-7,9,12,15-17,25,27H,4-5,8,10-11H2,1-3H3,(H2,28,29,30)/p-1. The zero-order valence-electron chi connectivity index (χ0n) is 18.3. The number of aliphatic hydroxyl groups is 2. The Bertz CT molecular complexity index is 973. The van der Waals surface area contributed by atoms with Gasteiger partial charge in [0.1, 0.15) is 12.2 Å². The van der Waals surface area contributed by atoms with Crippen LogP contribution in [0.3, 0.4) is 0 Å². The number of phosphoric acid groups is 1. The number of carbonyl (C=O) groups is 2. The van der Waals surface area contributed by atoms with Gasteiger partial charge in [0.25, 0.3) is 7.82 Å². The van der Waals surface area contributed by atoms with Crippen molar-refractivity contribution in [2.24, 2.45) is 28.6 Å². The fraction of sp³-hybridized carbons (Fsp3) is 0.727. The number of hydrogen-bond donors (Lipinski definition) is 3. The second-order valence-electron chi connectivity index (χ2n) is 10.3. The molecule has 3 fully saturated rings. The third kappa shape index (κ3) is 2.95. The molecule has 9 atom stereocenters. The van der Waals surface area contributed by atoms with Crippen LogP contribution in [0.1, 0.15) is 46.5 Å². The molecule has 4 aliphatic carbocycles. The number of aliphatic hydroxyl groups excluding tert-OH is 1. The van der Waals surface area contributed by atoms with Crippen LogP contribution in [0.25, 0.3) is 0 Å². The summed E-state index contributed by atoms with van der Waals surface area (Å²) in [6.45, 7) is 3.90. The largest absolute Gasteiger partial charge is 0.756 e. The summed E-state index contributed by atoms with van der Waals surface area (Å²) >= 11 is 0. The zero-order chi connectivity index (χ0) is 23.9. The molecule has 0 saturated heterocycles. The van der Waals surface area contributed by atoms with E-state index in [9.17, 15) is 29.3 Å². The molecule has 0 amide bonds. The second-order valence-corrected chi connectivity index (χ2v) is 11.5. The average molecular weight is 471 g/mol. The summed E-state index contributed by atoms with van der Waals surface area (Å²) in [4.78, 5) is 44.7. The number of ketones is 2. The van der Waals surface area contributed by atoms with Gasteiger partial charge in [0, 0.05) is 16.7 Å². The van der Waals surface area contributed by atoms with Crippen LogP contribution in [0.4, 0.5) is 4.39 Å². The summed E-state index contributed by atoms with van der Waals surface area (Å²) in [5.41, 5.74) is -5.95. The predicted octanol–water partition coefficient (Wildman–Crippen LogP) is 1.38. The van der Waals surface area contributed by atoms with Gasteiger partial charge in [-0.3, -0.25) is 14.2 Å². The average Bonchev–Trinajstić information content (AvgIpc) is 2.89. The van der Waals surface area contributed by atoms with E-state index in [2.05, 4.69) is 4.52 Å². The number of alkyl halides is 1. The smallest absolute Gasteiger partial charge is 0.265 e. The lowest BCUT2D eigenvalue weighted by atomic mass is 9.44. The predicted molar refractivity (Wildman–Crippen MR) is 109 cm³/mol. The van der Waals surface area contributed by atoms with E-state index in [0.29, 0.717) is 24.8 Å². The number of halogens is 1. The summed E-state index contributed by atoms with van der Waals surface area (Å²) < 4.78 is 32.2. The van der Waals surface area contributed by atoms with E-state index in [-0.39, 0.29) is 12.2 Å². The molecule has 0 spiro atoms. The molecule has 4 aliphatic rings. The summed E-state index contributed by atoms with van der Waals surface area (Å²) in [5, 5.41) is 22.8. The molecular formula is C22H29FO8P-. The highest BCUT2D eigenvalue weighted by Gasteiger charge is 2.75. The Kier molecular flexibility index (Phi) is 5.34. The molecule has 178 valence electrons. The Morgan fingerprint density at radius 3 is 2.66 bits per heavy atom. The van der Waals surface area contributed by atoms with E-state index < -0.39 is 66.2 Å². The van der Waals surface area contributed by atoms with Crippen LogP contribution in [-0.2, 0) is 18.7 Å². The first-order valence-electron chi connectivity index (χ1n) is 10.9. The molecule has 3 N–H and O–H groups in total. The molecule has 0 aromatic heterocycles. The maximum Gasteiger partial charge on any atom is 0.265 e. The molecule has 8 nitrogen and oxygen atoms in total. The van der Waals surface area contributed by atoms with Crippen molar-refractivity contribution in [3.63, 3.8) is 0 Å². The van der Waals surface area contributed by atoms with Crippen molar-refractivity contribution in [1.29, 1.82) is 0 Å². The van der Waals surface area contributed by atoms with E-state index in [1.165, 1.54) is 18.2 Å². The molecule has 0 radical (unpaired) electrons. The maximum absolute atomic E-state index is 17.0. The number of hydrogen-bond acceptors (Lipinski definition) is 7. The first kappa shape index (κ1) is 23.9. The van der Waals surface area contributed by atoms with Gasteiger partial charge in [0.2, 0.25) is 0 Å². The Hall–Kier alpha value is -1.22. The number of carbonyl (C=O) groups excluding carboxylic acids is 2. The summed E-state index contributed by atoms with van der Waals surface area (Å²) in [6.07, 6.45) is 3.62. The minimum absolute atomic E-state index is 0.219. The van der Waals surface area contributed by atoms with Crippen LogP contribution in [0.15, 0.2) is 23.8 Å². The molecule has 0 heterocycles. The number of rotatable bonds is 4. The van der Waals surface area contributed by atoms with Crippen molar-refractivity contribution >= 4 is 19.4 Å². The quantitative estimate of drug-likeness (QED) is 0.522. The van der Waals surface area contributed by atoms with Crippen LogP contribution in [-0.4, -0.2) is 50.7 Å². The molecule has 0 aliphatic heterocycles. The lowest BCUT2D eigenvalue weighted by molar-refractivity contribution is -0.226. The van der Waals surface area contributed by atoms with Crippen molar-refractivity contribution in [3.8, 4) is 0 Å². The van der Waals surface area contributed by atoms with Crippen LogP contribution >= 0.6 is 7.82 Å². The molecule has 4 rings (SSSR count). The number of phosphoric ester groups is 1. The van der Waals surface area contributed by atoms with Crippen LogP contribution in [0, 0.1) is 28.6 Å². The molecule has 3 saturated carbocycles. The molecule has 0 aromatic carbocycles. The Morgan fingerprint density at radius 2 is 2.03 bits per heavy atom. The summed E-state index contributed by atoms with van der Waals surface area (Å²) in [7, 11) is -5.18. The monoisotopic (exact) mass is 471 g/mol. The van der Waals surface area contributed by atoms with Crippen molar-refractivity contribution in [3.05, 3.63) is 23.8 Å². The second kappa shape index (κ2) is 7.14. The van der Waals surface area contributed by atoms with Gasteiger partial charge in [-0.15, -0.1) is 0 Å². The van der Waals surface area contributed by atoms with Crippen molar-refractivity contribution in [2.75, 3.05) is 6.61 Å². The van der Waals surface area contributed by atoms with Crippen molar-refractivity contribution in [1.82, 2.24) is 0 Å². The normalized spacial score (nSPS) is 49.5. The molecular weight excluding hydrogens is 442 g/mol. The first-order chi connectivity index (χ1) is 14.6. The number of Topliss-reactive ketones (excluding diaryl/α,β-unsaturated/α-hetero) is 1. The van der Waals surface area contributed by atoms with E-state index in [0.717, 1.165) is 0 Å². The maximum atomic E-state index is 17.0. The summed E-state index contributed by atoms with van der Waals surface area (Å²) in [6, 6.07) is 0. The van der Waals surface area contributed by atoms with Gasteiger partial charge in [0.15, 0.2) is 17.2 Å². The molecule has 0 bridgehead atoms. The molecule has 32 heavy (non-hydrogen) atoms. The minimum atomic E-state index is -5.18. The van der Waals surface area contributed by atoms with E-state index in [4.69, 9.17) is 4.89 Å². The third-order valence-corrected chi connectivity index (χ3v) is 9.46. The van der Waals surface area contributed by atoms with Crippen LogP contribution in [0.5, 0.6) is 0 Å². The molecule has 0 aromatic rings. The third-order valence-electron chi connectivity index (χ3n) is 9.01. The van der Waals surface area contributed by atoms with Crippen LogP contribution < -0.4 is 4.89 Å². The molecule has 9 unspecified atom stereocenters. The number of allylic oxidation sites excluding steroid dienone is 4. The van der Waals surface area contributed by atoms with E-state index in [1.807, 2.05) is 0 Å². The highest BCUT2D eigenvalue weighted by atomic mass is 31.2. The fourth-order valence-electron chi connectivity index (χ4n) is 7.39. The molecule has 10 heteroatoms. The van der Waals surface area contributed by atoms with Gasteiger partial charge < -0.3 is 24.5 Å². The first-order valence-corrected chi connectivity index (χ1v) is 12.4. The zero-order valence-corrected chi connectivity index (χ0v) is 19.2.